The van der Waals surface area contributed by atoms with Crippen molar-refractivity contribution in [3.63, 3.8) is 0 Å². The Balaban J connectivity index is 1.72. The van der Waals surface area contributed by atoms with Gasteiger partial charge in [0.15, 0.2) is 5.78 Å². The van der Waals surface area contributed by atoms with E-state index in [0.29, 0.717) is 38.2 Å². The molecule has 0 aliphatic carbocycles. The molecule has 5 heteroatoms. The molecule has 5 nitrogen and oxygen atoms in total. The molecule has 0 N–H and O–H groups in total. The summed E-state index contributed by atoms with van der Waals surface area (Å²) in [6.07, 6.45) is 1.25. The summed E-state index contributed by atoms with van der Waals surface area (Å²) in [5, 5.41) is 0. The summed E-state index contributed by atoms with van der Waals surface area (Å²) in [5.41, 5.74) is 0.669. The molecule has 0 saturated carbocycles. The van der Waals surface area contributed by atoms with Gasteiger partial charge in [0.2, 0.25) is 5.91 Å². The fourth-order valence-electron chi connectivity index (χ4n) is 2.59. The maximum atomic E-state index is 12.3. The number of carbonyl (C=O) groups is 2. The summed E-state index contributed by atoms with van der Waals surface area (Å²) >= 11 is 0. The molecule has 1 saturated heterocycles. The number of hydrogen-bond acceptors (Lipinski definition) is 4. The second-order valence-electron chi connectivity index (χ2n) is 6.07. The standard InChI is InChI=1S/C18H25NO4/c1-13-12-23-14(2)11-19(13)18(21)5-4-10-22-17-8-6-16(7-9-17)15(3)20/h6-9,13-14H,4-5,10-12H2,1-3H3. The number of ketones is 1. The van der Waals surface area contributed by atoms with Gasteiger partial charge in [-0.25, -0.2) is 0 Å². The SMILES string of the molecule is CC(=O)c1ccc(OCCCC(=O)N2CC(C)OCC2C)cc1. The lowest BCUT2D eigenvalue weighted by molar-refractivity contribution is -0.143. The summed E-state index contributed by atoms with van der Waals surface area (Å²) in [5.74, 6) is 0.912. The second-order valence-corrected chi connectivity index (χ2v) is 6.07. The van der Waals surface area contributed by atoms with Crippen molar-refractivity contribution in [1.29, 1.82) is 0 Å². The monoisotopic (exact) mass is 319 g/mol. The van der Waals surface area contributed by atoms with Crippen LogP contribution in [0.5, 0.6) is 5.75 Å². The van der Waals surface area contributed by atoms with Crippen molar-refractivity contribution in [3.05, 3.63) is 29.8 Å². The first-order valence-corrected chi connectivity index (χ1v) is 8.12. The molecule has 1 amide bonds. The van der Waals surface area contributed by atoms with Crippen LogP contribution in [0.2, 0.25) is 0 Å². The van der Waals surface area contributed by atoms with Crippen LogP contribution in [-0.4, -0.2) is 48.5 Å². The molecule has 2 atom stereocenters. The van der Waals surface area contributed by atoms with Gasteiger partial charge in [-0.2, -0.15) is 0 Å². The molecule has 0 spiro atoms. The molecule has 1 aliphatic heterocycles. The first-order chi connectivity index (χ1) is 11.0. The Hall–Kier alpha value is -1.88. The first-order valence-electron chi connectivity index (χ1n) is 8.12. The fourth-order valence-corrected chi connectivity index (χ4v) is 2.59. The van der Waals surface area contributed by atoms with Gasteiger partial charge in [0.25, 0.3) is 0 Å². The third-order valence-corrected chi connectivity index (χ3v) is 3.99. The molecule has 2 unspecified atom stereocenters. The lowest BCUT2D eigenvalue weighted by atomic mass is 10.1. The molecule has 126 valence electrons. The van der Waals surface area contributed by atoms with Gasteiger partial charge in [0.1, 0.15) is 5.75 Å². The van der Waals surface area contributed by atoms with E-state index in [1.54, 1.807) is 24.3 Å². The average molecular weight is 319 g/mol. The van der Waals surface area contributed by atoms with Crippen LogP contribution in [0, 0.1) is 0 Å². The molecule has 1 fully saturated rings. The topological polar surface area (TPSA) is 55.8 Å². The molecular weight excluding hydrogens is 294 g/mol. The van der Waals surface area contributed by atoms with E-state index in [9.17, 15) is 9.59 Å². The Morgan fingerprint density at radius 2 is 1.96 bits per heavy atom. The minimum Gasteiger partial charge on any atom is -0.494 e. The third kappa shape index (κ3) is 5.06. The fraction of sp³-hybridized carbons (Fsp3) is 0.556. The van der Waals surface area contributed by atoms with Gasteiger partial charge in [-0.15, -0.1) is 0 Å². The predicted molar refractivity (Wildman–Crippen MR) is 87.8 cm³/mol. The summed E-state index contributed by atoms with van der Waals surface area (Å²) in [6.45, 7) is 7.28. The Morgan fingerprint density at radius 3 is 2.61 bits per heavy atom. The van der Waals surface area contributed by atoms with Gasteiger partial charge < -0.3 is 14.4 Å². The van der Waals surface area contributed by atoms with Gasteiger partial charge in [-0.3, -0.25) is 9.59 Å². The normalized spacial score (nSPS) is 21.1. The van der Waals surface area contributed by atoms with Gasteiger partial charge >= 0.3 is 0 Å². The predicted octanol–water partition coefficient (Wildman–Crippen LogP) is 2.68. The van der Waals surface area contributed by atoms with Crippen LogP contribution in [0.3, 0.4) is 0 Å². The third-order valence-electron chi connectivity index (χ3n) is 3.99. The zero-order chi connectivity index (χ0) is 16.8. The highest BCUT2D eigenvalue weighted by molar-refractivity contribution is 5.94. The maximum absolute atomic E-state index is 12.3. The van der Waals surface area contributed by atoms with E-state index in [2.05, 4.69) is 0 Å². The summed E-state index contributed by atoms with van der Waals surface area (Å²) < 4.78 is 11.2. The lowest BCUT2D eigenvalue weighted by Gasteiger charge is -2.36. The van der Waals surface area contributed by atoms with E-state index in [-0.39, 0.29) is 23.8 Å². The molecule has 23 heavy (non-hydrogen) atoms. The quantitative estimate of drug-likeness (QED) is 0.597. The van der Waals surface area contributed by atoms with Crippen molar-refractivity contribution in [1.82, 2.24) is 4.90 Å². The highest BCUT2D eigenvalue weighted by Gasteiger charge is 2.26. The van der Waals surface area contributed by atoms with E-state index in [1.807, 2.05) is 18.7 Å². The van der Waals surface area contributed by atoms with Crippen LogP contribution in [0.15, 0.2) is 24.3 Å². The van der Waals surface area contributed by atoms with Crippen LogP contribution >= 0.6 is 0 Å². The Kier molecular flexibility index (Phi) is 6.16. The molecule has 0 radical (unpaired) electrons. The van der Waals surface area contributed by atoms with Gasteiger partial charge in [-0.05, 0) is 51.5 Å². The minimum atomic E-state index is 0.0380. The number of benzene rings is 1. The van der Waals surface area contributed by atoms with Crippen LogP contribution < -0.4 is 4.74 Å². The van der Waals surface area contributed by atoms with E-state index in [1.165, 1.54) is 6.92 Å². The van der Waals surface area contributed by atoms with Gasteiger partial charge in [0.05, 0.1) is 25.4 Å². The summed E-state index contributed by atoms with van der Waals surface area (Å²) in [4.78, 5) is 25.4. The van der Waals surface area contributed by atoms with E-state index in [4.69, 9.17) is 9.47 Å². The van der Waals surface area contributed by atoms with Crippen molar-refractivity contribution >= 4 is 11.7 Å². The molecule has 1 heterocycles. The van der Waals surface area contributed by atoms with Crippen LogP contribution in [0.25, 0.3) is 0 Å². The summed E-state index contributed by atoms with van der Waals surface area (Å²) in [7, 11) is 0. The lowest BCUT2D eigenvalue weighted by Crippen LogP contribution is -2.50. The number of morpholine rings is 1. The Morgan fingerprint density at radius 1 is 1.26 bits per heavy atom. The number of amides is 1. The van der Waals surface area contributed by atoms with Crippen molar-refractivity contribution in [2.24, 2.45) is 0 Å². The molecule has 2 rings (SSSR count). The molecule has 0 aromatic heterocycles. The number of hydrogen-bond donors (Lipinski definition) is 0. The van der Waals surface area contributed by atoms with Crippen molar-refractivity contribution in [2.75, 3.05) is 19.8 Å². The van der Waals surface area contributed by atoms with Crippen LogP contribution in [0.1, 0.15) is 44.0 Å². The number of rotatable bonds is 6. The summed E-state index contributed by atoms with van der Waals surface area (Å²) in [6, 6.07) is 7.20. The Bertz CT molecular complexity index is 540. The van der Waals surface area contributed by atoms with Crippen LogP contribution in [-0.2, 0) is 9.53 Å². The van der Waals surface area contributed by atoms with Crippen molar-refractivity contribution < 1.29 is 19.1 Å². The largest absolute Gasteiger partial charge is 0.494 e. The molecule has 1 aromatic carbocycles. The number of nitrogens with zero attached hydrogens (tertiary/aromatic N) is 1. The highest BCUT2D eigenvalue weighted by Crippen LogP contribution is 2.15. The molecule has 1 aliphatic rings. The smallest absolute Gasteiger partial charge is 0.223 e. The molecular formula is C18H25NO4. The van der Waals surface area contributed by atoms with E-state index >= 15 is 0 Å². The number of carbonyl (C=O) groups excluding carboxylic acids is 2. The first kappa shape index (κ1) is 17.5. The minimum absolute atomic E-state index is 0.0380. The van der Waals surface area contributed by atoms with E-state index < -0.39 is 0 Å². The zero-order valence-electron chi connectivity index (χ0n) is 14.1. The molecule has 0 bridgehead atoms. The zero-order valence-corrected chi connectivity index (χ0v) is 14.1. The number of ether oxygens (including phenoxy) is 2. The van der Waals surface area contributed by atoms with E-state index in [0.717, 1.165) is 5.75 Å². The average Bonchev–Trinajstić information content (AvgIpc) is 2.54. The van der Waals surface area contributed by atoms with Crippen LogP contribution in [0.4, 0.5) is 0 Å². The highest BCUT2D eigenvalue weighted by atomic mass is 16.5. The van der Waals surface area contributed by atoms with Crippen molar-refractivity contribution in [3.8, 4) is 5.75 Å². The number of Topliss-reactive ketones (excluding diaryl/α,β-unsaturated/α-hetero) is 1. The van der Waals surface area contributed by atoms with Crippen molar-refractivity contribution in [2.45, 2.75) is 45.8 Å². The van der Waals surface area contributed by atoms with Gasteiger partial charge in [-0.1, -0.05) is 0 Å². The van der Waals surface area contributed by atoms with Gasteiger partial charge in [0, 0.05) is 18.5 Å². The maximum Gasteiger partial charge on any atom is 0.223 e. The Labute approximate surface area is 137 Å². The second kappa shape index (κ2) is 8.11. The molecule has 1 aromatic rings.